The molecule has 1 aromatic heterocycles. The smallest absolute Gasteiger partial charge is 0.290 e. The van der Waals surface area contributed by atoms with Crippen molar-refractivity contribution in [2.24, 2.45) is 0 Å². The van der Waals surface area contributed by atoms with E-state index in [1.165, 1.54) is 11.3 Å². The van der Waals surface area contributed by atoms with Crippen molar-refractivity contribution in [1.29, 1.82) is 0 Å². The zero-order valence-corrected chi connectivity index (χ0v) is 15.7. The molecule has 0 aliphatic carbocycles. The molecule has 0 radical (unpaired) electrons. The van der Waals surface area contributed by atoms with E-state index in [1.807, 2.05) is 54.7 Å². The SMILES string of the molecule is CN(C)CCCN1C(=O)C(O)=C(C(=O)c2cccs2)[C@H]1c1ccccc1. The van der Waals surface area contributed by atoms with E-state index in [9.17, 15) is 14.7 Å². The van der Waals surface area contributed by atoms with Crippen LogP contribution in [0.5, 0.6) is 0 Å². The lowest BCUT2D eigenvalue weighted by Gasteiger charge is -2.27. The first-order valence-corrected chi connectivity index (χ1v) is 9.40. The average molecular weight is 370 g/mol. The number of ketones is 1. The highest BCUT2D eigenvalue weighted by molar-refractivity contribution is 7.12. The Hall–Kier alpha value is -2.44. The van der Waals surface area contributed by atoms with Crippen LogP contribution >= 0.6 is 11.3 Å². The van der Waals surface area contributed by atoms with Crippen molar-refractivity contribution in [3.8, 4) is 0 Å². The van der Waals surface area contributed by atoms with Crippen LogP contribution in [0, 0.1) is 0 Å². The van der Waals surface area contributed by atoms with Gasteiger partial charge in [0.2, 0.25) is 5.78 Å². The Bertz CT molecular complexity index is 813. The molecular weight excluding hydrogens is 348 g/mol. The molecule has 6 heteroatoms. The van der Waals surface area contributed by atoms with Gasteiger partial charge in [-0.3, -0.25) is 9.59 Å². The zero-order chi connectivity index (χ0) is 18.7. The summed E-state index contributed by atoms with van der Waals surface area (Å²) in [6, 6.07) is 12.4. The lowest BCUT2D eigenvalue weighted by Crippen LogP contribution is -2.33. The number of Topliss-reactive ketones (excluding diaryl/α,β-unsaturated/α-hetero) is 1. The molecule has 0 saturated carbocycles. The van der Waals surface area contributed by atoms with Crippen LogP contribution in [0.1, 0.15) is 27.7 Å². The van der Waals surface area contributed by atoms with Gasteiger partial charge in [0.1, 0.15) is 0 Å². The fourth-order valence-electron chi connectivity index (χ4n) is 3.20. The van der Waals surface area contributed by atoms with E-state index in [2.05, 4.69) is 0 Å². The first-order chi connectivity index (χ1) is 12.5. The molecule has 26 heavy (non-hydrogen) atoms. The average Bonchev–Trinajstić information content (AvgIpc) is 3.24. The summed E-state index contributed by atoms with van der Waals surface area (Å²) in [5.41, 5.74) is 1.00. The van der Waals surface area contributed by atoms with E-state index >= 15 is 0 Å². The zero-order valence-electron chi connectivity index (χ0n) is 14.9. The molecule has 2 heterocycles. The van der Waals surface area contributed by atoms with Gasteiger partial charge in [-0.2, -0.15) is 0 Å². The monoisotopic (exact) mass is 370 g/mol. The number of nitrogens with zero attached hydrogens (tertiary/aromatic N) is 2. The molecule has 136 valence electrons. The molecule has 0 unspecified atom stereocenters. The third-order valence-electron chi connectivity index (χ3n) is 4.41. The summed E-state index contributed by atoms with van der Waals surface area (Å²) in [5.74, 6) is -1.19. The lowest BCUT2D eigenvalue weighted by molar-refractivity contribution is -0.129. The summed E-state index contributed by atoms with van der Waals surface area (Å²) in [5, 5.41) is 12.3. The quantitative estimate of drug-likeness (QED) is 0.760. The van der Waals surface area contributed by atoms with Crippen LogP contribution in [0.15, 0.2) is 59.2 Å². The van der Waals surface area contributed by atoms with Gasteiger partial charge in [0.15, 0.2) is 5.76 Å². The van der Waals surface area contributed by atoms with Crippen molar-refractivity contribution in [2.75, 3.05) is 27.2 Å². The van der Waals surface area contributed by atoms with E-state index < -0.39 is 17.7 Å². The molecule has 3 rings (SSSR count). The highest BCUT2D eigenvalue weighted by atomic mass is 32.1. The number of thiophene rings is 1. The van der Waals surface area contributed by atoms with Crippen LogP contribution in [0.3, 0.4) is 0 Å². The molecule has 0 fully saturated rings. The molecule has 1 N–H and O–H groups in total. The molecule has 1 amide bonds. The van der Waals surface area contributed by atoms with Gasteiger partial charge in [0.25, 0.3) is 5.91 Å². The minimum absolute atomic E-state index is 0.175. The molecular formula is C20H22N2O3S. The number of carbonyl (C=O) groups excluding carboxylic acids is 2. The molecule has 1 aliphatic heterocycles. The summed E-state index contributed by atoms with van der Waals surface area (Å²) in [6.07, 6.45) is 0.760. The summed E-state index contributed by atoms with van der Waals surface area (Å²) in [7, 11) is 3.95. The second-order valence-corrected chi connectivity index (χ2v) is 7.48. The standard InChI is InChI=1S/C20H22N2O3S/c1-21(2)11-7-12-22-17(14-8-4-3-5-9-14)16(19(24)20(22)25)18(23)15-10-6-13-26-15/h3-6,8-10,13,17,24H,7,11-12H2,1-2H3/t17-/m1/s1. The predicted octanol–water partition coefficient (Wildman–Crippen LogP) is 3.28. The number of carbonyl (C=O) groups is 2. The molecule has 1 aromatic carbocycles. The van der Waals surface area contributed by atoms with Gasteiger partial charge in [-0.25, -0.2) is 0 Å². The lowest BCUT2D eigenvalue weighted by atomic mass is 9.95. The molecule has 0 bridgehead atoms. The molecule has 5 nitrogen and oxygen atoms in total. The molecule has 0 spiro atoms. The first-order valence-electron chi connectivity index (χ1n) is 8.52. The van der Waals surface area contributed by atoms with Gasteiger partial charge in [-0.1, -0.05) is 36.4 Å². The van der Waals surface area contributed by atoms with Crippen LogP contribution in [-0.2, 0) is 4.79 Å². The van der Waals surface area contributed by atoms with Crippen molar-refractivity contribution in [3.63, 3.8) is 0 Å². The summed E-state index contributed by atoms with van der Waals surface area (Å²) in [4.78, 5) is 29.9. The number of benzene rings is 1. The fourth-order valence-corrected chi connectivity index (χ4v) is 3.87. The van der Waals surface area contributed by atoms with Crippen LogP contribution < -0.4 is 0 Å². The predicted molar refractivity (Wildman–Crippen MR) is 102 cm³/mol. The van der Waals surface area contributed by atoms with Crippen molar-refractivity contribution in [3.05, 3.63) is 69.6 Å². The summed E-state index contributed by atoms with van der Waals surface area (Å²) in [6.45, 7) is 1.29. The van der Waals surface area contributed by atoms with Gasteiger partial charge >= 0.3 is 0 Å². The van der Waals surface area contributed by atoms with Crippen LogP contribution in [0.25, 0.3) is 0 Å². The molecule has 0 saturated heterocycles. The van der Waals surface area contributed by atoms with Crippen LogP contribution in [0.4, 0.5) is 0 Å². The van der Waals surface area contributed by atoms with Gasteiger partial charge in [0.05, 0.1) is 16.5 Å². The van der Waals surface area contributed by atoms with E-state index in [-0.39, 0.29) is 11.4 Å². The van der Waals surface area contributed by atoms with Gasteiger partial charge in [0, 0.05) is 6.54 Å². The second kappa shape index (κ2) is 7.85. The Morgan fingerprint density at radius 1 is 1.19 bits per heavy atom. The minimum atomic E-state index is -0.555. The minimum Gasteiger partial charge on any atom is -0.503 e. The van der Waals surface area contributed by atoms with Gasteiger partial charge < -0.3 is 14.9 Å². The molecule has 1 atom stereocenters. The van der Waals surface area contributed by atoms with E-state index in [0.717, 1.165) is 18.5 Å². The molecule has 2 aromatic rings. The number of amides is 1. The second-order valence-electron chi connectivity index (χ2n) is 6.54. The number of aliphatic hydroxyl groups excluding tert-OH is 1. The highest BCUT2D eigenvalue weighted by Crippen LogP contribution is 2.39. The number of hydrogen-bond acceptors (Lipinski definition) is 5. The Morgan fingerprint density at radius 3 is 2.54 bits per heavy atom. The maximum Gasteiger partial charge on any atom is 0.290 e. The van der Waals surface area contributed by atoms with E-state index in [0.29, 0.717) is 11.4 Å². The Morgan fingerprint density at radius 2 is 1.92 bits per heavy atom. The number of hydrogen-bond donors (Lipinski definition) is 1. The maximum atomic E-state index is 13.0. The van der Waals surface area contributed by atoms with Crippen molar-refractivity contribution >= 4 is 23.0 Å². The number of aliphatic hydroxyl groups is 1. The normalized spacial score (nSPS) is 17.4. The Balaban J connectivity index is 1.97. The van der Waals surface area contributed by atoms with Gasteiger partial charge in [-0.05, 0) is 44.1 Å². The highest BCUT2D eigenvalue weighted by Gasteiger charge is 2.43. The van der Waals surface area contributed by atoms with Gasteiger partial charge in [-0.15, -0.1) is 11.3 Å². The fraction of sp³-hybridized carbons (Fsp3) is 0.300. The Labute approximate surface area is 157 Å². The molecule has 1 aliphatic rings. The first kappa shape index (κ1) is 18.4. The Kier molecular flexibility index (Phi) is 5.54. The van der Waals surface area contributed by atoms with E-state index in [1.54, 1.807) is 17.0 Å². The van der Waals surface area contributed by atoms with Crippen LogP contribution in [0.2, 0.25) is 0 Å². The van der Waals surface area contributed by atoms with Crippen molar-refractivity contribution in [2.45, 2.75) is 12.5 Å². The van der Waals surface area contributed by atoms with Crippen molar-refractivity contribution in [1.82, 2.24) is 9.80 Å². The van der Waals surface area contributed by atoms with Crippen LogP contribution in [-0.4, -0.2) is 53.8 Å². The third kappa shape index (κ3) is 3.57. The van der Waals surface area contributed by atoms with E-state index in [4.69, 9.17) is 0 Å². The number of rotatable bonds is 7. The summed E-state index contributed by atoms with van der Waals surface area (Å²) >= 11 is 1.31. The third-order valence-corrected chi connectivity index (χ3v) is 5.28. The van der Waals surface area contributed by atoms with Crippen molar-refractivity contribution < 1.29 is 14.7 Å². The topological polar surface area (TPSA) is 60.9 Å². The maximum absolute atomic E-state index is 13.0. The summed E-state index contributed by atoms with van der Waals surface area (Å²) < 4.78 is 0. The largest absolute Gasteiger partial charge is 0.503 e.